The summed E-state index contributed by atoms with van der Waals surface area (Å²) in [4.78, 5) is 11.1. The molecule has 0 aliphatic heterocycles. The second kappa shape index (κ2) is 6.55. The highest BCUT2D eigenvalue weighted by Crippen LogP contribution is 2.37. The van der Waals surface area contributed by atoms with Gasteiger partial charge in [0, 0.05) is 6.08 Å². The van der Waals surface area contributed by atoms with Crippen LogP contribution in [0.25, 0.3) is 0 Å². The molecule has 2 heteroatoms. The summed E-state index contributed by atoms with van der Waals surface area (Å²) < 4.78 is 5.08. The van der Waals surface area contributed by atoms with Gasteiger partial charge in [0.25, 0.3) is 0 Å². The third-order valence-corrected chi connectivity index (χ3v) is 4.16. The normalized spacial score (nSPS) is 22.8. The van der Waals surface area contributed by atoms with Crippen molar-refractivity contribution in [3.05, 3.63) is 42.5 Å². The molecule has 0 radical (unpaired) electrons. The molecule has 1 aromatic rings. The van der Waals surface area contributed by atoms with Crippen molar-refractivity contribution < 1.29 is 9.53 Å². The third-order valence-electron chi connectivity index (χ3n) is 4.16. The molecule has 1 fully saturated rings. The Bertz CT molecular complexity index is 425. The summed E-state index contributed by atoms with van der Waals surface area (Å²) in [5.41, 5.74) is 1.37. The van der Waals surface area contributed by atoms with Gasteiger partial charge >= 0.3 is 5.97 Å². The molecule has 0 saturated heterocycles. The first-order valence-electron chi connectivity index (χ1n) is 7.17. The van der Waals surface area contributed by atoms with Gasteiger partial charge in [-0.1, -0.05) is 32.1 Å². The molecule has 0 atom stereocenters. The van der Waals surface area contributed by atoms with Gasteiger partial charge in [0.15, 0.2) is 0 Å². The minimum atomic E-state index is -0.406. The van der Waals surface area contributed by atoms with E-state index in [9.17, 15) is 4.79 Å². The Morgan fingerprint density at radius 2 is 1.89 bits per heavy atom. The lowest BCUT2D eigenvalue weighted by Gasteiger charge is -2.28. The highest BCUT2D eigenvalue weighted by Gasteiger charge is 2.21. The number of hydrogen-bond donors (Lipinski definition) is 0. The maximum atomic E-state index is 11.1. The maximum Gasteiger partial charge on any atom is 0.335 e. The zero-order valence-corrected chi connectivity index (χ0v) is 11.6. The Morgan fingerprint density at radius 3 is 2.42 bits per heavy atom. The van der Waals surface area contributed by atoms with Crippen molar-refractivity contribution in [3.8, 4) is 5.75 Å². The first-order chi connectivity index (χ1) is 9.22. The van der Waals surface area contributed by atoms with Crippen LogP contribution in [0.15, 0.2) is 36.9 Å². The van der Waals surface area contributed by atoms with Gasteiger partial charge in [-0.25, -0.2) is 4.79 Å². The van der Waals surface area contributed by atoms with Crippen molar-refractivity contribution >= 4 is 5.97 Å². The molecule has 0 N–H and O–H groups in total. The first-order valence-corrected chi connectivity index (χ1v) is 7.17. The fourth-order valence-electron chi connectivity index (χ4n) is 2.87. The van der Waals surface area contributed by atoms with Crippen molar-refractivity contribution in [1.82, 2.24) is 0 Å². The predicted octanol–water partition coefficient (Wildman–Crippen LogP) is 4.46. The molecule has 1 aliphatic rings. The number of benzene rings is 1. The minimum Gasteiger partial charge on any atom is -0.423 e. The Kier molecular flexibility index (Phi) is 4.78. The number of carbonyl (C=O) groups excluding carboxylic acids is 1. The van der Waals surface area contributed by atoms with Gasteiger partial charge in [-0.3, -0.25) is 0 Å². The number of hydrogen-bond acceptors (Lipinski definition) is 2. The molecular formula is C17H22O2. The average molecular weight is 258 g/mol. The number of ether oxygens (including phenoxy) is 1. The highest BCUT2D eigenvalue weighted by molar-refractivity contribution is 5.83. The number of esters is 1. The second-order valence-electron chi connectivity index (χ2n) is 5.32. The summed E-state index contributed by atoms with van der Waals surface area (Å²) >= 11 is 0. The fraction of sp³-hybridized carbons (Fsp3) is 0.471. The van der Waals surface area contributed by atoms with E-state index in [1.165, 1.54) is 43.7 Å². The number of carbonyl (C=O) groups is 1. The van der Waals surface area contributed by atoms with E-state index in [0.29, 0.717) is 11.7 Å². The van der Waals surface area contributed by atoms with Crippen molar-refractivity contribution in [1.29, 1.82) is 0 Å². The van der Waals surface area contributed by atoms with Crippen LogP contribution in [0.2, 0.25) is 0 Å². The third kappa shape index (κ3) is 3.69. The van der Waals surface area contributed by atoms with Crippen molar-refractivity contribution in [2.24, 2.45) is 5.92 Å². The molecule has 1 aliphatic carbocycles. The van der Waals surface area contributed by atoms with E-state index in [1.807, 2.05) is 12.1 Å². The predicted molar refractivity (Wildman–Crippen MR) is 77.3 cm³/mol. The van der Waals surface area contributed by atoms with Gasteiger partial charge in [-0.05, 0) is 55.2 Å². The van der Waals surface area contributed by atoms with E-state index in [-0.39, 0.29) is 0 Å². The zero-order valence-electron chi connectivity index (χ0n) is 11.6. The zero-order chi connectivity index (χ0) is 13.7. The average Bonchev–Trinajstić information content (AvgIpc) is 2.48. The largest absolute Gasteiger partial charge is 0.423 e. The Balaban J connectivity index is 1.95. The molecule has 102 valence electrons. The van der Waals surface area contributed by atoms with Gasteiger partial charge in [-0.2, -0.15) is 0 Å². The smallest absolute Gasteiger partial charge is 0.335 e. The Morgan fingerprint density at radius 1 is 1.26 bits per heavy atom. The lowest BCUT2D eigenvalue weighted by molar-refractivity contribution is -0.128. The van der Waals surface area contributed by atoms with Crippen LogP contribution in [0.1, 0.15) is 50.5 Å². The van der Waals surface area contributed by atoms with Crippen LogP contribution in [0.5, 0.6) is 5.75 Å². The van der Waals surface area contributed by atoms with Crippen LogP contribution in [0, 0.1) is 5.92 Å². The lowest BCUT2D eigenvalue weighted by Crippen LogP contribution is -2.12. The summed E-state index contributed by atoms with van der Waals surface area (Å²) in [5.74, 6) is 1.78. The van der Waals surface area contributed by atoms with Gasteiger partial charge in [0.1, 0.15) is 5.75 Å². The molecule has 1 aromatic carbocycles. The first kappa shape index (κ1) is 13.9. The van der Waals surface area contributed by atoms with Crippen LogP contribution in [-0.2, 0) is 4.79 Å². The van der Waals surface area contributed by atoms with Crippen LogP contribution in [0.3, 0.4) is 0 Å². The quantitative estimate of drug-likeness (QED) is 0.453. The van der Waals surface area contributed by atoms with Gasteiger partial charge in [0.2, 0.25) is 0 Å². The monoisotopic (exact) mass is 258 g/mol. The molecule has 0 heterocycles. The Hall–Kier alpha value is -1.57. The summed E-state index contributed by atoms with van der Waals surface area (Å²) in [6, 6.07) is 7.93. The molecule has 0 aromatic heterocycles. The molecule has 2 rings (SSSR count). The summed E-state index contributed by atoms with van der Waals surface area (Å²) in [7, 11) is 0. The summed E-state index contributed by atoms with van der Waals surface area (Å²) in [5, 5.41) is 0. The standard InChI is InChI=1S/C17H22O2/c1-3-13-5-7-14(8-6-13)15-9-11-16(12-10-15)19-17(18)4-2/h4,9-14H,2-3,5-8H2,1H3. The molecule has 2 nitrogen and oxygen atoms in total. The highest BCUT2D eigenvalue weighted by atomic mass is 16.5. The van der Waals surface area contributed by atoms with Crippen LogP contribution in [-0.4, -0.2) is 5.97 Å². The molecule has 0 unspecified atom stereocenters. The van der Waals surface area contributed by atoms with Crippen molar-refractivity contribution in [2.75, 3.05) is 0 Å². The second-order valence-corrected chi connectivity index (χ2v) is 5.32. The van der Waals surface area contributed by atoms with Gasteiger partial charge < -0.3 is 4.74 Å². The van der Waals surface area contributed by atoms with E-state index in [4.69, 9.17) is 4.74 Å². The molecule has 19 heavy (non-hydrogen) atoms. The van der Waals surface area contributed by atoms with Gasteiger partial charge in [0.05, 0.1) is 0 Å². The fourth-order valence-corrected chi connectivity index (χ4v) is 2.87. The van der Waals surface area contributed by atoms with E-state index in [2.05, 4.69) is 25.6 Å². The molecule has 0 bridgehead atoms. The SMILES string of the molecule is C=CC(=O)Oc1ccc(C2CCC(CC)CC2)cc1. The molecule has 0 spiro atoms. The van der Waals surface area contributed by atoms with E-state index in [1.54, 1.807) is 0 Å². The summed E-state index contributed by atoms with van der Waals surface area (Å²) in [6.07, 6.45) is 7.74. The van der Waals surface area contributed by atoms with Crippen LogP contribution in [0.4, 0.5) is 0 Å². The van der Waals surface area contributed by atoms with E-state index in [0.717, 1.165) is 5.92 Å². The topological polar surface area (TPSA) is 26.3 Å². The van der Waals surface area contributed by atoms with Crippen molar-refractivity contribution in [3.63, 3.8) is 0 Å². The van der Waals surface area contributed by atoms with Gasteiger partial charge in [-0.15, -0.1) is 0 Å². The van der Waals surface area contributed by atoms with Crippen LogP contribution < -0.4 is 4.74 Å². The number of rotatable bonds is 4. The molecule has 0 amide bonds. The van der Waals surface area contributed by atoms with Crippen molar-refractivity contribution in [2.45, 2.75) is 44.9 Å². The maximum absolute atomic E-state index is 11.1. The Labute approximate surface area is 115 Å². The van der Waals surface area contributed by atoms with Crippen LogP contribution >= 0.6 is 0 Å². The van der Waals surface area contributed by atoms with E-state index < -0.39 is 5.97 Å². The van der Waals surface area contributed by atoms with E-state index >= 15 is 0 Å². The summed E-state index contributed by atoms with van der Waals surface area (Å²) in [6.45, 7) is 5.67. The lowest BCUT2D eigenvalue weighted by atomic mass is 9.78. The molecule has 1 saturated carbocycles. The minimum absolute atomic E-state index is 0.406. The molecular weight excluding hydrogens is 236 g/mol.